The van der Waals surface area contributed by atoms with E-state index in [1.165, 1.54) is 12.3 Å². The molecule has 0 aliphatic carbocycles. The van der Waals surface area contributed by atoms with Crippen LogP contribution in [0.25, 0.3) is 0 Å². The van der Waals surface area contributed by atoms with Crippen molar-refractivity contribution in [3.63, 3.8) is 0 Å². The summed E-state index contributed by atoms with van der Waals surface area (Å²) in [7, 11) is 0. The third-order valence-electron chi connectivity index (χ3n) is 3.30. The molecular weight excluding hydrogens is 311 g/mol. The number of pyridine rings is 1. The zero-order valence-electron chi connectivity index (χ0n) is 12.9. The molecule has 0 aliphatic rings. The smallest absolute Gasteiger partial charge is 0.275 e. The minimum Gasteiger partial charge on any atom is -0.381 e. The van der Waals surface area contributed by atoms with Crippen LogP contribution in [-0.2, 0) is 6.54 Å². The Hall–Kier alpha value is -3.22. The Morgan fingerprint density at radius 1 is 1.25 bits per heavy atom. The minimum atomic E-state index is -0.405. The number of nitrogens with zero attached hydrogens (tertiary/aromatic N) is 2. The van der Waals surface area contributed by atoms with Crippen molar-refractivity contribution in [2.45, 2.75) is 13.5 Å². The van der Waals surface area contributed by atoms with Crippen molar-refractivity contribution in [1.29, 1.82) is 0 Å². The van der Waals surface area contributed by atoms with Crippen LogP contribution in [0.4, 0.5) is 15.9 Å². The number of carbonyl (C=O) groups is 1. The summed E-state index contributed by atoms with van der Waals surface area (Å²) in [5, 5.41) is 9.36. The summed E-state index contributed by atoms with van der Waals surface area (Å²) in [5.41, 5.74) is 1.42. The molecule has 0 saturated carbocycles. The monoisotopic (exact) mass is 326 g/mol. The number of aromatic nitrogens is 2. The molecule has 0 unspecified atom stereocenters. The van der Waals surface area contributed by atoms with Gasteiger partial charge in [-0.05, 0) is 25.1 Å². The summed E-state index contributed by atoms with van der Waals surface area (Å²) >= 11 is 0. The van der Waals surface area contributed by atoms with E-state index in [1.54, 1.807) is 43.3 Å². The molecule has 7 heteroatoms. The average molecular weight is 326 g/mol. The number of hydrogen-bond donors (Lipinski definition) is 2. The highest BCUT2D eigenvalue weighted by Gasteiger charge is 2.11. The Balaban J connectivity index is 1.67. The SMILES string of the molecule is Cc1cc(NC(=O)c2cc(NCc3ccccc3F)ccn2)no1. The highest BCUT2D eigenvalue weighted by atomic mass is 19.1. The molecule has 0 radical (unpaired) electrons. The third kappa shape index (κ3) is 3.75. The van der Waals surface area contributed by atoms with E-state index in [1.807, 2.05) is 0 Å². The van der Waals surface area contributed by atoms with Gasteiger partial charge in [-0.3, -0.25) is 9.78 Å². The van der Waals surface area contributed by atoms with E-state index >= 15 is 0 Å². The summed E-state index contributed by atoms with van der Waals surface area (Å²) in [6.45, 7) is 2.04. The van der Waals surface area contributed by atoms with Crippen LogP contribution in [0, 0.1) is 12.7 Å². The van der Waals surface area contributed by atoms with Gasteiger partial charge in [0.15, 0.2) is 5.82 Å². The van der Waals surface area contributed by atoms with Gasteiger partial charge in [0.1, 0.15) is 17.3 Å². The maximum Gasteiger partial charge on any atom is 0.275 e. The topological polar surface area (TPSA) is 80.0 Å². The van der Waals surface area contributed by atoms with Crippen molar-refractivity contribution < 1.29 is 13.7 Å². The normalized spacial score (nSPS) is 10.4. The van der Waals surface area contributed by atoms with Gasteiger partial charge in [0.05, 0.1) is 0 Å². The fourth-order valence-corrected chi connectivity index (χ4v) is 2.11. The standard InChI is InChI=1S/C17H15FN4O2/c1-11-8-16(22-24-11)21-17(23)15-9-13(6-7-19-15)20-10-12-4-2-3-5-14(12)18/h2-9H,10H2,1H3,(H,19,20)(H,21,22,23). The first-order chi connectivity index (χ1) is 11.6. The van der Waals surface area contributed by atoms with Crippen molar-refractivity contribution in [2.75, 3.05) is 10.6 Å². The first kappa shape index (κ1) is 15.7. The van der Waals surface area contributed by atoms with Crippen LogP contribution < -0.4 is 10.6 Å². The van der Waals surface area contributed by atoms with Crippen molar-refractivity contribution >= 4 is 17.4 Å². The van der Waals surface area contributed by atoms with Crippen LogP contribution in [0.1, 0.15) is 21.8 Å². The fraction of sp³-hybridized carbons (Fsp3) is 0.118. The van der Waals surface area contributed by atoms with E-state index < -0.39 is 5.91 Å². The molecule has 2 aromatic heterocycles. The van der Waals surface area contributed by atoms with E-state index in [4.69, 9.17) is 4.52 Å². The predicted octanol–water partition coefficient (Wildman–Crippen LogP) is 3.38. The van der Waals surface area contributed by atoms with Crippen LogP contribution in [0.5, 0.6) is 0 Å². The summed E-state index contributed by atoms with van der Waals surface area (Å²) in [4.78, 5) is 16.2. The zero-order chi connectivity index (χ0) is 16.9. The number of carbonyl (C=O) groups excluding carboxylic acids is 1. The van der Waals surface area contributed by atoms with Gasteiger partial charge < -0.3 is 15.2 Å². The molecule has 2 N–H and O–H groups in total. The Kier molecular flexibility index (Phi) is 4.51. The molecule has 0 bridgehead atoms. The Bertz CT molecular complexity index is 863. The fourth-order valence-electron chi connectivity index (χ4n) is 2.11. The van der Waals surface area contributed by atoms with Crippen LogP contribution in [0.3, 0.4) is 0 Å². The molecule has 24 heavy (non-hydrogen) atoms. The molecule has 0 fully saturated rings. The largest absolute Gasteiger partial charge is 0.381 e. The van der Waals surface area contributed by atoms with Gasteiger partial charge in [-0.2, -0.15) is 0 Å². The number of rotatable bonds is 5. The Morgan fingerprint density at radius 3 is 2.83 bits per heavy atom. The molecule has 122 valence electrons. The van der Waals surface area contributed by atoms with Gasteiger partial charge in [0.2, 0.25) is 0 Å². The summed E-state index contributed by atoms with van der Waals surface area (Å²) in [6.07, 6.45) is 1.51. The van der Waals surface area contributed by atoms with Crippen molar-refractivity contribution in [1.82, 2.24) is 10.1 Å². The summed E-state index contributed by atoms with van der Waals surface area (Å²) in [5.74, 6) is 0.235. The molecule has 6 nitrogen and oxygen atoms in total. The molecular formula is C17H15FN4O2. The number of halogens is 1. The Morgan fingerprint density at radius 2 is 2.08 bits per heavy atom. The number of aryl methyl sites for hydroxylation is 1. The molecule has 0 saturated heterocycles. The third-order valence-corrected chi connectivity index (χ3v) is 3.30. The van der Waals surface area contributed by atoms with E-state index in [-0.39, 0.29) is 11.5 Å². The second-order valence-electron chi connectivity index (χ2n) is 5.15. The lowest BCUT2D eigenvalue weighted by Gasteiger charge is -2.08. The van der Waals surface area contributed by atoms with Gasteiger partial charge in [-0.1, -0.05) is 23.4 Å². The van der Waals surface area contributed by atoms with E-state index in [0.29, 0.717) is 29.4 Å². The van der Waals surface area contributed by atoms with Gasteiger partial charge in [0.25, 0.3) is 5.91 Å². The molecule has 3 aromatic rings. The molecule has 0 aliphatic heterocycles. The van der Waals surface area contributed by atoms with Crippen LogP contribution in [0.15, 0.2) is 53.2 Å². The lowest BCUT2D eigenvalue weighted by atomic mass is 10.2. The summed E-state index contributed by atoms with van der Waals surface area (Å²) < 4.78 is 18.5. The van der Waals surface area contributed by atoms with Crippen LogP contribution >= 0.6 is 0 Å². The molecule has 0 atom stereocenters. The molecule has 3 rings (SSSR count). The van der Waals surface area contributed by atoms with Gasteiger partial charge >= 0.3 is 0 Å². The van der Waals surface area contributed by atoms with Gasteiger partial charge in [-0.25, -0.2) is 4.39 Å². The van der Waals surface area contributed by atoms with E-state index in [2.05, 4.69) is 20.8 Å². The van der Waals surface area contributed by atoms with Crippen LogP contribution in [0.2, 0.25) is 0 Å². The van der Waals surface area contributed by atoms with Crippen LogP contribution in [-0.4, -0.2) is 16.0 Å². The number of anilines is 2. The van der Waals surface area contributed by atoms with Gasteiger partial charge in [-0.15, -0.1) is 0 Å². The van der Waals surface area contributed by atoms with Crippen molar-refractivity contribution in [3.05, 3.63) is 71.5 Å². The highest BCUT2D eigenvalue weighted by Crippen LogP contribution is 2.14. The number of amides is 1. The first-order valence-electron chi connectivity index (χ1n) is 7.30. The Labute approximate surface area is 137 Å². The second-order valence-corrected chi connectivity index (χ2v) is 5.15. The molecule has 2 heterocycles. The maximum absolute atomic E-state index is 13.6. The average Bonchev–Trinajstić information content (AvgIpc) is 2.99. The van der Waals surface area contributed by atoms with E-state index in [0.717, 1.165) is 0 Å². The summed E-state index contributed by atoms with van der Waals surface area (Å²) in [6, 6.07) is 11.4. The molecule has 1 amide bonds. The number of benzene rings is 1. The molecule has 1 aromatic carbocycles. The highest BCUT2D eigenvalue weighted by molar-refractivity contribution is 6.02. The quantitative estimate of drug-likeness (QED) is 0.751. The maximum atomic E-state index is 13.6. The first-order valence-corrected chi connectivity index (χ1v) is 7.30. The number of hydrogen-bond acceptors (Lipinski definition) is 5. The van der Waals surface area contributed by atoms with Gasteiger partial charge in [0, 0.05) is 30.1 Å². The van der Waals surface area contributed by atoms with Crippen molar-refractivity contribution in [2.24, 2.45) is 0 Å². The number of nitrogens with one attached hydrogen (secondary N) is 2. The van der Waals surface area contributed by atoms with E-state index in [9.17, 15) is 9.18 Å². The predicted molar refractivity (Wildman–Crippen MR) is 87.2 cm³/mol. The molecule has 0 spiro atoms. The zero-order valence-corrected chi connectivity index (χ0v) is 12.9. The second kappa shape index (κ2) is 6.91. The lowest BCUT2D eigenvalue weighted by molar-refractivity contribution is 0.102. The minimum absolute atomic E-state index is 0.217. The lowest BCUT2D eigenvalue weighted by Crippen LogP contribution is -2.14. The van der Waals surface area contributed by atoms with Crippen molar-refractivity contribution in [3.8, 4) is 0 Å².